The Hall–Kier alpha value is -3.87. The number of hydrogen-bond acceptors (Lipinski definition) is 3. The molecule has 40 heavy (non-hydrogen) atoms. The zero-order chi connectivity index (χ0) is 28.4. The van der Waals surface area contributed by atoms with Crippen LogP contribution in [0.2, 0.25) is 10.0 Å². The van der Waals surface area contributed by atoms with E-state index in [1.54, 1.807) is 24.3 Å². The summed E-state index contributed by atoms with van der Waals surface area (Å²) in [6.07, 6.45) is 0.275. The fraction of sp³-hybridized carbons (Fsp3) is 0.219. The lowest BCUT2D eigenvalue weighted by Gasteiger charge is -2.33. The molecule has 0 bridgehead atoms. The lowest BCUT2D eigenvalue weighted by Crippen LogP contribution is -2.54. The first-order chi connectivity index (χ1) is 19.2. The van der Waals surface area contributed by atoms with E-state index in [9.17, 15) is 14.4 Å². The minimum Gasteiger partial charge on any atom is -0.352 e. The fourth-order valence-corrected chi connectivity index (χ4v) is 5.67. The van der Waals surface area contributed by atoms with Gasteiger partial charge in [0.15, 0.2) is 0 Å². The van der Waals surface area contributed by atoms with Gasteiger partial charge in [-0.3, -0.25) is 19.3 Å². The van der Waals surface area contributed by atoms with Crippen LogP contribution in [0.3, 0.4) is 0 Å². The van der Waals surface area contributed by atoms with Gasteiger partial charge in [-0.25, -0.2) is 0 Å². The molecular formula is C32H29Cl2N3O3. The van der Waals surface area contributed by atoms with E-state index in [0.29, 0.717) is 26.9 Å². The topological polar surface area (TPSA) is 69.7 Å². The molecule has 0 aliphatic carbocycles. The van der Waals surface area contributed by atoms with Gasteiger partial charge >= 0.3 is 0 Å². The summed E-state index contributed by atoms with van der Waals surface area (Å²) in [6, 6.07) is 24.8. The number of benzene rings is 4. The Bertz CT molecular complexity index is 1560. The molecule has 4 aromatic carbocycles. The molecule has 0 radical (unpaired) electrons. The molecule has 0 saturated heterocycles. The van der Waals surface area contributed by atoms with Gasteiger partial charge in [0.1, 0.15) is 12.6 Å². The first kappa shape index (κ1) is 27.7. The minimum atomic E-state index is -0.875. The normalized spacial score (nSPS) is 13.1. The van der Waals surface area contributed by atoms with Crippen molar-refractivity contribution in [2.45, 2.75) is 38.9 Å². The molecule has 1 aliphatic rings. The average molecular weight is 575 g/mol. The lowest BCUT2D eigenvalue weighted by molar-refractivity contribution is -0.140. The highest BCUT2D eigenvalue weighted by atomic mass is 35.5. The Morgan fingerprint density at radius 2 is 1.52 bits per heavy atom. The number of carbonyl (C=O) groups is 3. The number of rotatable bonds is 9. The lowest BCUT2D eigenvalue weighted by atomic mass is 10.0. The largest absolute Gasteiger partial charge is 0.352 e. The summed E-state index contributed by atoms with van der Waals surface area (Å²) in [5.41, 5.74) is 2.66. The molecule has 1 N–H and O–H groups in total. The molecule has 4 aromatic rings. The quantitative estimate of drug-likeness (QED) is 0.256. The molecule has 0 spiro atoms. The number of carbonyl (C=O) groups excluding carboxylic acids is 3. The Morgan fingerprint density at radius 1 is 0.875 bits per heavy atom. The molecule has 1 unspecified atom stereocenters. The number of hydrogen-bond donors (Lipinski definition) is 1. The van der Waals surface area contributed by atoms with Crippen molar-refractivity contribution in [3.8, 4) is 0 Å². The highest BCUT2D eigenvalue weighted by Crippen LogP contribution is 2.37. The predicted molar refractivity (Wildman–Crippen MR) is 160 cm³/mol. The van der Waals surface area contributed by atoms with Crippen LogP contribution in [0.25, 0.3) is 10.8 Å². The van der Waals surface area contributed by atoms with E-state index in [1.807, 2.05) is 74.5 Å². The Balaban J connectivity index is 1.54. The summed E-state index contributed by atoms with van der Waals surface area (Å²) in [6.45, 7) is 3.50. The molecule has 8 heteroatoms. The van der Waals surface area contributed by atoms with Gasteiger partial charge in [0.05, 0.1) is 5.69 Å². The zero-order valence-corrected chi connectivity index (χ0v) is 23.7. The first-order valence-electron chi connectivity index (χ1n) is 13.1. The molecule has 1 aliphatic heterocycles. The van der Waals surface area contributed by atoms with Gasteiger partial charge in [-0.2, -0.15) is 0 Å². The second-order valence-corrected chi connectivity index (χ2v) is 11.0. The van der Waals surface area contributed by atoms with Crippen LogP contribution >= 0.6 is 23.2 Å². The van der Waals surface area contributed by atoms with Crippen LogP contribution < -0.4 is 10.2 Å². The molecule has 0 fully saturated rings. The Morgan fingerprint density at radius 3 is 2.20 bits per heavy atom. The van der Waals surface area contributed by atoms with E-state index in [1.165, 1.54) is 9.80 Å². The maximum Gasteiger partial charge on any atom is 0.259 e. The summed E-state index contributed by atoms with van der Waals surface area (Å²) >= 11 is 13.1. The van der Waals surface area contributed by atoms with Crippen molar-refractivity contribution in [2.75, 3.05) is 11.4 Å². The third kappa shape index (κ3) is 5.55. The van der Waals surface area contributed by atoms with E-state index >= 15 is 0 Å². The van der Waals surface area contributed by atoms with E-state index in [2.05, 4.69) is 5.32 Å². The van der Waals surface area contributed by atoms with Crippen LogP contribution in [-0.2, 0) is 22.6 Å². The van der Waals surface area contributed by atoms with Crippen molar-refractivity contribution in [3.63, 3.8) is 0 Å². The molecule has 3 amide bonds. The second-order valence-electron chi connectivity index (χ2n) is 10.2. The highest BCUT2D eigenvalue weighted by Gasteiger charge is 2.36. The van der Waals surface area contributed by atoms with Crippen LogP contribution in [0.4, 0.5) is 5.69 Å². The van der Waals surface area contributed by atoms with Crippen LogP contribution in [0.1, 0.15) is 35.3 Å². The number of amides is 3. The molecule has 1 heterocycles. The molecule has 1 atom stereocenters. The fourth-order valence-electron chi connectivity index (χ4n) is 5.15. The molecule has 0 saturated carbocycles. The van der Waals surface area contributed by atoms with Crippen molar-refractivity contribution in [1.29, 1.82) is 0 Å². The summed E-state index contributed by atoms with van der Waals surface area (Å²) in [5.74, 6) is -0.940. The number of anilines is 1. The monoisotopic (exact) mass is 573 g/mol. The summed E-state index contributed by atoms with van der Waals surface area (Å²) < 4.78 is 0. The van der Waals surface area contributed by atoms with E-state index in [0.717, 1.165) is 16.3 Å². The highest BCUT2D eigenvalue weighted by molar-refractivity contribution is 6.36. The van der Waals surface area contributed by atoms with Crippen LogP contribution in [-0.4, -0.2) is 41.2 Å². The molecule has 6 nitrogen and oxygen atoms in total. The van der Waals surface area contributed by atoms with E-state index in [4.69, 9.17) is 23.2 Å². The van der Waals surface area contributed by atoms with Gasteiger partial charge in [-0.05, 0) is 49.1 Å². The van der Waals surface area contributed by atoms with Gasteiger partial charge in [0.2, 0.25) is 11.8 Å². The second kappa shape index (κ2) is 11.7. The SMILES string of the molecule is CC(C)NC(=O)C(Cc1ccccc1)N(Cc1c(Cl)cccc1Cl)C(=O)CN1C(=O)c2cccc3cccc1c23. The summed E-state index contributed by atoms with van der Waals surface area (Å²) in [5, 5.41) is 5.50. The third-order valence-electron chi connectivity index (χ3n) is 7.03. The molecular weight excluding hydrogens is 545 g/mol. The van der Waals surface area contributed by atoms with Gasteiger partial charge < -0.3 is 10.2 Å². The van der Waals surface area contributed by atoms with Crippen LogP contribution in [0.15, 0.2) is 84.9 Å². The summed E-state index contributed by atoms with van der Waals surface area (Å²) in [4.78, 5) is 44.3. The molecule has 5 rings (SSSR count). The molecule has 204 valence electrons. The predicted octanol–water partition coefficient (Wildman–Crippen LogP) is 6.27. The van der Waals surface area contributed by atoms with Crippen molar-refractivity contribution in [2.24, 2.45) is 0 Å². The van der Waals surface area contributed by atoms with Crippen molar-refractivity contribution >= 4 is 57.4 Å². The van der Waals surface area contributed by atoms with Crippen LogP contribution in [0, 0.1) is 0 Å². The minimum absolute atomic E-state index is 0.000462. The Kier molecular flexibility index (Phi) is 8.10. The zero-order valence-electron chi connectivity index (χ0n) is 22.2. The Labute approximate surface area is 243 Å². The third-order valence-corrected chi connectivity index (χ3v) is 7.74. The van der Waals surface area contributed by atoms with E-state index < -0.39 is 11.9 Å². The first-order valence-corrected chi connectivity index (χ1v) is 13.9. The van der Waals surface area contributed by atoms with Crippen molar-refractivity contribution in [1.82, 2.24) is 10.2 Å². The van der Waals surface area contributed by atoms with Crippen molar-refractivity contribution < 1.29 is 14.4 Å². The number of nitrogens with one attached hydrogen (secondary N) is 1. The van der Waals surface area contributed by atoms with Gasteiger partial charge in [-0.1, -0.05) is 83.9 Å². The van der Waals surface area contributed by atoms with Crippen LogP contribution in [0.5, 0.6) is 0 Å². The average Bonchev–Trinajstić information content (AvgIpc) is 3.20. The van der Waals surface area contributed by atoms with E-state index in [-0.39, 0.29) is 37.4 Å². The smallest absolute Gasteiger partial charge is 0.259 e. The number of nitrogens with zero attached hydrogens (tertiary/aromatic N) is 2. The van der Waals surface area contributed by atoms with Gasteiger partial charge in [-0.15, -0.1) is 0 Å². The standard InChI is InChI=1S/C32H29Cl2N3O3/c1-20(2)35-31(39)28(17-21-9-4-3-5-10-21)36(18-24-25(33)14-8-15-26(24)34)29(38)19-37-27-16-7-12-22-11-6-13-23(30(22)27)32(37)40/h3-16,20,28H,17-19H2,1-2H3,(H,35,39). The maximum atomic E-state index is 14.2. The number of halogens is 2. The summed E-state index contributed by atoms with van der Waals surface area (Å²) in [7, 11) is 0. The van der Waals surface area contributed by atoms with Gasteiger partial charge in [0, 0.05) is 45.6 Å². The van der Waals surface area contributed by atoms with Crippen molar-refractivity contribution in [3.05, 3.63) is 112 Å². The van der Waals surface area contributed by atoms with Gasteiger partial charge in [0.25, 0.3) is 5.91 Å². The maximum absolute atomic E-state index is 14.2. The molecule has 0 aromatic heterocycles.